The van der Waals surface area contributed by atoms with Gasteiger partial charge >= 0.3 is 0 Å². The first-order chi connectivity index (χ1) is 7.72. The highest BCUT2D eigenvalue weighted by Gasteiger charge is 2.15. The summed E-state index contributed by atoms with van der Waals surface area (Å²) in [6, 6.07) is 0. The summed E-state index contributed by atoms with van der Waals surface area (Å²) in [4.78, 5) is 15.6. The molecule has 1 aliphatic rings. The number of ketones is 1. The quantitative estimate of drug-likeness (QED) is 0.598. The van der Waals surface area contributed by atoms with Gasteiger partial charge in [0.05, 0.1) is 6.61 Å². The fourth-order valence-corrected chi connectivity index (χ4v) is 1.96. The molecule has 0 bridgehead atoms. The SMILES string of the molecule is CCCN1CCN(CCOCC(C)=O)CC1. The smallest absolute Gasteiger partial charge is 0.155 e. The number of piperazine rings is 1. The molecule has 0 radical (unpaired) electrons. The maximum absolute atomic E-state index is 10.7. The molecular formula is C12H24N2O2. The molecule has 1 aliphatic heterocycles. The molecule has 0 N–H and O–H groups in total. The van der Waals surface area contributed by atoms with Crippen molar-refractivity contribution in [2.24, 2.45) is 0 Å². The van der Waals surface area contributed by atoms with Crippen LogP contribution < -0.4 is 0 Å². The maximum Gasteiger partial charge on any atom is 0.155 e. The van der Waals surface area contributed by atoms with E-state index in [-0.39, 0.29) is 12.4 Å². The van der Waals surface area contributed by atoms with Crippen LogP contribution in [0.5, 0.6) is 0 Å². The molecule has 0 amide bonds. The van der Waals surface area contributed by atoms with Gasteiger partial charge in [0, 0.05) is 32.7 Å². The second-order valence-electron chi connectivity index (χ2n) is 4.44. The number of rotatable bonds is 7. The van der Waals surface area contributed by atoms with Gasteiger partial charge in [0.25, 0.3) is 0 Å². The zero-order valence-electron chi connectivity index (χ0n) is 10.6. The fourth-order valence-electron chi connectivity index (χ4n) is 1.96. The standard InChI is InChI=1S/C12H24N2O2/c1-3-4-13-5-7-14(8-6-13)9-10-16-11-12(2)15/h3-11H2,1-2H3. The van der Waals surface area contributed by atoms with E-state index in [4.69, 9.17) is 4.74 Å². The average molecular weight is 228 g/mol. The molecule has 1 saturated heterocycles. The first kappa shape index (κ1) is 13.6. The van der Waals surface area contributed by atoms with Gasteiger partial charge in [-0.15, -0.1) is 0 Å². The highest BCUT2D eigenvalue weighted by Crippen LogP contribution is 2.01. The lowest BCUT2D eigenvalue weighted by Crippen LogP contribution is -2.47. The Labute approximate surface area is 98.5 Å². The zero-order valence-corrected chi connectivity index (χ0v) is 10.6. The van der Waals surface area contributed by atoms with Gasteiger partial charge in [-0.3, -0.25) is 9.69 Å². The fraction of sp³-hybridized carbons (Fsp3) is 0.917. The second kappa shape index (κ2) is 7.76. The Bertz CT molecular complexity index is 201. The number of hydrogen-bond donors (Lipinski definition) is 0. The van der Waals surface area contributed by atoms with Crippen LogP contribution in [0.2, 0.25) is 0 Å². The zero-order chi connectivity index (χ0) is 11.8. The van der Waals surface area contributed by atoms with Crippen LogP contribution in [0.4, 0.5) is 0 Å². The molecule has 0 atom stereocenters. The molecule has 0 aliphatic carbocycles. The van der Waals surface area contributed by atoms with Crippen LogP contribution in [0, 0.1) is 0 Å². The minimum absolute atomic E-state index is 0.104. The largest absolute Gasteiger partial charge is 0.372 e. The Morgan fingerprint density at radius 1 is 1.12 bits per heavy atom. The van der Waals surface area contributed by atoms with Crippen molar-refractivity contribution in [2.45, 2.75) is 20.3 Å². The Morgan fingerprint density at radius 2 is 1.69 bits per heavy atom. The molecule has 1 heterocycles. The molecule has 0 spiro atoms. The van der Waals surface area contributed by atoms with Crippen LogP contribution in [-0.4, -0.2) is 68.1 Å². The van der Waals surface area contributed by atoms with Crippen molar-refractivity contribution in [1.29, 1.82) is 0 Å². The molecule has 0 unspecified atom stereocenters. The summed E-state index contributed by atoms with van der Waals surface area (Å²) in [5.41, 5.74) is 0. The van der Waals surface area contributed by atoms with Crippen molar-refractivity contribution in [3.63, 3.8) is 0 Å². The lowest BCUT2D eigenvalue weighted by molar-refractivity contribution is -0.121. The van der Waals surface area contributed by atoms with Crippen LogP contribution in [0.25, 0.3) is 0 Å². The van der Waals surface area contributed by atoms with Gasteiger partial charge in [-0.1, -0.05) is 6.92 Å². The lowest BCUT2D eigenvalue weighted by Gasteiger charge is -2.34. The van der Waals surface area contributed by atoms with Crippen LogP contribution in [0.1, 0.15) is 20.3 Å². The third-order valence-corrected chi connectivity index (χ3v) is 2.86. The van der Waals surface area contributed by atoms with Crippen LogP contribution in [0.3, 0.4) is 0 Å². The van der Waals surface area contributed by atoms with E-state index >= 15 is 0 Å². The normalized spacial score (nSPS) is 18.9. The molecule has 16 heavy (non-hydrogen) atoms. The van der Waals surface area contributed by atoms with Gasteiger partial charge in [0.15, 0.2) is 5.78 Å². The van der Waals surface area contributed by atoms with Gasteiger partial charge in [-0.05, 0) is 19.9 Å². The molecule has 4 heteroatoms. The van der Waals surface area contributed by atoms with Crippen molar-refractivity contribution in [1.82, 2.24) is 9.80 Å². The van der Waals surface area contributed by atoms with E-state index in [1.54, 1.807) is 6.92 Å². The predicted octanol–water partition coefficient (Wildman–Crippen LogP) is 0.620. The van der Waals surface area contributed by atoms with E-state index in [1.807, 2.05) is 0 Å². The topological polar surface area (TPSA) is 32.8 Å². The number of carbonyl (C=O) groups is 1. The van der Waals surface area contributed by atoms with E-state index in [1.165, 1.54) is 26.1 Å². The average Bonchev–Trinajstić information content (AvgIpc) is 2.27. The number of nitrogens with zero attached hydrogens (tertiary/aromatic N) is 2. The minimum Gasteiger partial charge on any atom is -0.372 e. The van der Waals surface area contributed by atoms with Crippen LogP contribution in [0.15, 0.2) is 0 Å². The highest BCUT2D eigenvalue weighted by atomic mass is 16.5. The summed E-state index contributed by atoms with van der Waals surface area (Å²) in [7, 11) is 0. The van der Waals surface area contributed by atoms with Crippen LogP contribution >= 0.6 is 0 Å². The maximum atomic E-state index is 10.7. The summed E-state index contributed by atoms with van der Waals surface area (Å²) in [6.07, 6.45) is 1.24. The van der Waals surface area contributed by atoms with E-state index in [9.17, 15) is 4.79 Å². The number of Topliss-reactive ketones (excluding diaryl/α,β-unsaturated/α-hetero) is 1. The summed E-state index contributed by atoms with van der Waals surface area (Å²) in [5, 5.41) is 0. The van der Waals surface area contributed by atoms with E-state index in [2.05, 4.69) is 16.7 Å². The van der Waals surface area contributed by atoms with Crippen molar-refractivity contribution in [3.8, 4) is 0 Å². The van der Waals surface area contributed by atoms with Crippen molar-refractivity contribution in [2.75, 3.05) is 52.5 Å². The van der Waals surface area contributed by atoms with Gasteiger partial charge in [-0.2, -0.15) is 0 Å². The van der Waals surface area contributed by atoms with Crippen molar-refractivity contribution in [3.05, 3.63) is 0 Å². The highest BCUT2D eigenvalue weighted by molar-refractivity contribution is 5.76. The summed E-state index contributed by atoms with van der Waals surface area (Å²) >= 11 is 0. The van der Waals surface area contributed by atoms with Gasteiger partial charge in [-0.25, -0.2) is 0 Å². The Kier molecular flexibility index (Phi) is 6.61. The Hall–Kier alpha value is -0.450. The second-order valence-corrected chi connectivity index (χ2v) is 4.44. The van der Waals surface area contributed by atoms with Gasteiger partial charge in [0.2, 0.25) is 0 Å². The lowest BCUT2D eigenvalue weighted by atomic mass is 10.3. The molecule has 0 aromatic carbocycles. The van der Waals surface area contributed by atoms with E-state index in [0.29, 0.717) is 6.61 Å². The Morgan fingerprint density at radius 3 is 2.19 bits per heavy atom. The predicted molar refractivity (Wildman–Crippen MR) is 64.7 cm³/mol. The van der Waals surface area contributed by atoms with Crippen molar-refractivity contribution >= 4 is 5.78 Å². The first-order valence-corrected chi connectivity index (χ1v) is 6.24. The Balaban J connectivity index is 2.01. The third kappa shape index (κ3) is 5.58. The van der Waals surface area contributed by atoms with Gasteiger partial charge in [0.1, 0.15) is 6.61 Å². The molecule has 94 valence electrons. The monoisotopic (exact) mass is 228 g/mol. The summed E-state index contributed by atoms with van der Waals surface area (Å²) < 4.78 is 5.27. The number of carbonyl (C=O) groups excluding carboxylic acids is 1. The summed E-state index contributed by atoms with van der Waals surface area (Å²) in [6.45, 7) is 11.5. The van der Waals surface area contributed by atoms with E-state index in [0.717, 1.165) is 19.6 Å². The molecule has 1 rings (SSSR count). The minimum atomic E-state index is 0.104. The van der Waals surface area contributed by atoms with Crippen molar-refractivity contribution < 1.29 is 9.53 Å². The van der Waals surface area contributed by atoms with Gasteiger partial charge < -0.3 is 9.64 Å². The number of ether oxygens (including phenoxy) is 1. The molecule has 1 fully saturated rings. The first-order valence-electron chi connectivity index (χ1n) is 6.24. The third-order valence-electron chi connectivity index (χ3n) is 2.86. The van der Waals surface area contributed by atoms with Crippen LogP contribution in [-0.2, 0) is 9.53 Å². The molecule has 0 saturated carbocycles. The molecule has 0 aromatic rings. The molecule has 4 nitrogen and oxygen atoms in total. The summed E-state index contributed by atoms with van der Waals surface area (Å²) in [5.74, 6) is 0.104. The number of hydrogen-bond acceptors (Lipinski definition) is 4. The molecule has 0 aromatic heterocycles. The van der Waals surface area contributed by atoms with E-state index < -0.39 is 0 Å². The molecular weight excluding hydrogens is 204 g/mol.